The molecule has 104 valence electrons. The second-order valence-electron chi connectivity index (χ2n) is 4.63. The second-order valence-corrected chi connectivity index (χ2v) is 12.4. The second kappa shape index (κ2) is 6.13. The SMILES string of the molecule is Nc1cc[c]([Hg][c]2ccc(N)c(C(=O)O)c2)cc1C(=O)O. The number of carboxylic acid groups (broad SMARTS) is 2. The zero-order valence-corrected chi connectivity index (χ0v) is 16.5. The van der Waals surface area contributed by atoms with E-state index in [4.69, 9.17) is 21.7 Å². The quantitative estimate of drug-likeness (QED) is 0.374. The zero-order valence-electron chi connectivity index (χ0n) is 11.0. The molecular weight excluding hydrogens is 461 g/mol. The molecule has 0 fully saturated rings. The molecule has 6 N–H and O–H groups in total. The average Bonchev–Trinajstić information content (AvgIpc) is 2.42. The van der Waals surface area contributed by atoms with Gasteiger partial charge in [-0.15, -0.1) is 0 Å². The monoisotopic (exact) mass is 474 g/mol. The summed E-state index contributed by atoms with van der Waals surface area (Å²) >= 11 is -1.85. The van der Waals surface area contributed by atoms with E-state index in [9.17, 15) is 9.59 Å². The molecule has 2 aromatic carbocycles. The van der Waals surface area contributed by atoms with Crippen LogP contribution in [0.15, 0.2) is 36.4 Å². The van der Waals surface area contributed by atoms with Gasteiger partial charge in [-0.05, 0) is 0 Å². The van der Waals surface area contributed by atoms with E-state index in [-0.39, 0.29) is 22.5 Å². The summed E-state index contributed by atoms with van der Waals surface area (Å²) in [5.74, 6) is -2.13. The third kappa shape index (κ3) is 3.52. The summed E-state index contributed by atoms with van der Waals surface area (Å²) in [6.45, 7) is 0. The molecule has 0 unspecified atom stereocenters. The van der Waals surface area contributed by atoms with Crippen LogP contribution in [0.2, 0.25) is 0 Å². The molecule has 0 aromatic heterocycles. The zero-order chi connectivity index (χ0) is 15.6. The number of carbonyl (C=O) groups is 2. The number of hydrogen-bond donors (Lipinski definition) is 4. The molecule has 0 aliphatic rings. The molecule has 2 aromatic rings. The molecule has 0 spiro atoms. The minimum absolute atomic E-state index is 0.0846. The average molecular weight is 473 g/mol. The Bertz CT molecular complexity index is 669. The van der Waals surface area contributed by atoms with Crippen LogP contribution in [-0.4, -0.2) is 22.2 Å². The number of hydrogen-bond acceptors (Lipinski definition) is 4. The first kappa shape index (κ1) is 15.3. The number of aromatic carboxylic acids is 2. The van der Waals surface area contributed by atoms with E-state index < -0.39 is 36.5 Å². The number of rotatable bonds is 4. The van der Waals surface area contributed by atoms with E-state index in [2.05, 4.69) is 0 Å². The van der Waals surface area contributed by atoms with Crippen molar-refractivity contribution in [1.29, 1.82) is 0 Å². The summed E-state index contributed by atoms with van der Waals surface area (Å²) in [6, 6.07) is 9.93. The molecule has 0 atom stereocenters. The van der Waals surface area contributed by atoms with Gasteiger partial charge in [0.1, 0.15) is 0 Å². The van der Waals surface area contributed by atoms with Gasteiger partial charge in [-0.1, -0.05) is 0 Å². The van der Waals surface area contributed by atoms with Crippen molar-refractivity contribution in [3.8, 4) is 0 Å². The van der Waals surface area contributed by atoms with Crippen molar-refractivity contribution >= 4 is 29.5 Å². The van der Waals surface area contributed by atoms with Crippen molar-refractivity contribution in [2.45, 2.75) is 0 Å². The summed E-state index contributed by atoms with van der Waals surface area (Å²) in [5.41, 5.74) is 11.9. The normalized spacial score (nSPS) is 9.90. The molecule has 0 amide bonds. The van der Waals surface area contributed by atoms with Crippen LogP contribution < -0.4 is 17.6 Å². The van der Waals surface area contributed by atoms with Gasteiger partial charge in [0.05, 0.1) is 0 Å². The van der Waals surface area contributed by atoms with Crippen molar-refractivity contribution in [1.82, 2.24) is 0 Å². The maximum absolute atomic E-state index is 11.1. The summed E-state index contributed by atoms with van der Waals surface area (Å²) in [4.78, 5) is 22.1. The molecule has 2 rings (SSSR count). The van der Waals surface area contributed by atoms with Crippen LogP contribution in [0.5, 0.6) is 0 Å². The number of anilines is 2. The Labute approximate surface area is 132 Å². The third-order valence-corrected chi connectivity index (χ3v) is 9.70. The van der Waals surface area contributed by atoms with Crippen molar-refractivity contribution in [3.05, 3.63) is 47.5 Å². The standard InChI is InChI=1S/2C7H6NO2.Hg/c2*8-6-4-2-1-3-5(6)7(9)10;/h2*2-4H,8H2,(H,9,10);. The van der Waals surface area contributed by atoms with Gasteiger partial charge in [-0.2, -0.15) is 0 Å². The Morgan fingerprint density at radius 2 is 1.19 bits per heavy atom. The summed E-state index contributed by atoms with van der Waals surface area (Å²) in [7, 11) is 0. The molecule has 0 saturated carbocycles. The van der Waals surface area contributed by atoms with Gasteiger partial charge < -0.3 is 0 Å². The Kier molecular flexibility index (Phi) is 4.47. The topological polar surface area (TPSA) is 127 Å². The third-order valence-electron chi connectivity index (χ3n) is 3.10. The van der Waals surface area contributed by atoms with Gasteiger partial charge in [0.2, 0.25) is 0 Å². The molecule has 0 saturated heterocycles. The van der Waals surface area contributed by atoms with Crippen LogP contribution in [0, 0.1) is 0 Å². The van der Waals surface area contributed by atoms with Gasteiger partial charge in [0, 0.05) is 0 Å². The first-order valence-corrected chi connectivity index (χ1v) is 11.6. The minimum atomic E-state index is -1.85. The first-order valence-electron chi connectivity index (χ1n) is 6.12. The van der Waals surface area contributed by atoms with Crippen LogP contribution in [-0.2, 0) is 24.6 Å². The van der Waals surface area contributed by atoms with Crippen LogP contribution in [0.4, 0.5) is 11.4 Å². The van der Waals surface area contributed by atoms with E-state index in [1.54, 1.807) is 36.4 Å². The fourth-order valence-electron chi connectivity index (χ4n) is 2.03. The Morgan fingerprint density at radius 3 is 1.52 bits per heavy atom. The summed E-state index contributed by atoms with van der Waals surface area (Å²) in [5, 5.41) is 18.1. The van der Waals surface area contributed by atoms with Gasteiger partial charge in [0.15, 0.2) is 0 Å². The summed E-state index contributed by atoms with van der Waals surface area (Å²) in [6.07, 6.45) is 0. The van der Waals surface area contributed by atoms with E-state index in [1.165, 1.54) is 0 Å². The van der Waals surface area contributed by atoms with Gasteiger partial charge in [-0.25, -0.2) is 0 Å². The van der Waals surface area contributed by atoms with Crippen molar-refractivity contribution < 1.29 is 44.4 Å². The molecule has 0 aliphatic carbocycles. The molecule has 0 bridgehead atoms. The number of nitrogen functional groups attached to an aromatic ring is 2. The van der Waals surface area contributed by atoms with Gasteiger partial charge in [-0.3, -0.25) is 0 Å². The Hall–Kier alpha value is -2.08. The Balaban J connectivity index is 2.34. The molecule has 6 nitrogen and oxygen atoms in total. The number of benzene rings is 2. The number of carboxylic acids is 2. The predicted molar refractivity (Wildman–Crippen MR) is 74.9 cm³/mol. The Morgan fingerprint density at radius 1 is 0.810 bits per heavy atom. The van der Waals surface area contributed by atoms with E-state index in [1.807, 2.05) is 0 Å². The van der Waals surface area contributed by atoms with Crippen LogP contribution in [0.25, 0.3) is 0 Å². The molecule has 21 heavy (non-hydrogen) atoms. The number of nitrogens with two attached hydrogens (primary N) is 2. The fraction of sp³-hybridized carbons (Fsp3) is 0. The van der Waals surface area contributed by atoms with Crippen LogP contribution in [0.1, 0.15) is 20.7 Å². The fourth-order valence-corrected chi connectivity index (χ4v) is 8.08. The van der Waals surface area contributed by atoms with Crippen LogP contribution >= 0.6 is 0 Å². The van der Waals surface area contributed by atoms with E-state index in [0.29, 0.717) is 0 Å². The van der Waals surface area contributed by atoms with Crippen molar-refractivity contribution in [2.24, 2.45) is 0 Å². The van der Waals surface area contributed by atoms with E-state index in [0.717, 1.165) is 6.14 Å². The van der Waals surface area contributed by atoms with Gasteiger partial charge >= 0.3 is 133 Å². The molecular formula is C14H12HgN2O4. The molecule has 0 radical (unpaired) electrons. The molecule has 7 heteroatoms. The van der Waals surface area contributed by atoms with Gasteiger partial charge in [0.25, 0.3) is 0 Å². The molecule has 0 aliphatic heterocycles. The molecule has 0 heterocycles. The predicted octanol–water partition coefficient (Wildman–Crippen LogP) is 0.281. The van der Waals surface area contributed by atoms with Crippen LogP contribution in [0.3, 0.4) is 0 Å². The maximum atomic E-state index is 11.1. The first-order chi connectivity index (χ1) is 9.88. The van der Waals surface area contributed by atoms with E-state index >= 15 is 0 Å². The van der Waals surface area contributed by atoms with Crippen molar-refractivity contribution in [2.75, 3.05) is 11.5 Å². The summed E-state index contributed by atoms with van der Waals surface area (Å²) < 4.78 is 1.89. The van der Waals surface area contributed by atoms with Crippen molar-refractivity contribution in [3.63, 3.8) is 0 Å².